The molecule has 0 aliphatic carbocycles. The maximum absolute atomic E-state index is 5.95. The van der Waals surface area contributed by atoms with E-state index in [0.29, 0.717) is 46.9 Å². The lowest BCUT2D eigenvalue weighted by Crippen LogP contribution is -2.10. The summed E-state index contributed by atoms with van der Waals surface area (Å²) >= 11 is 3.46. The van der Waals surface area contributed by atoms with Gasteiger partial charge in [-0.25, -0.2) is 9.97 Å². The summed E-state index contributed by atoms with van der Waals surface area (Å²) < 4.78 is 24.8. The van der Waals surface area contributed by atoms with Gasteiger partial charge in [0.1, 0.15) is 12.4 Å². The van der Waals surface area contributed by atoms with Crippen molar-refractivity contribution in [2.24, 2.45) is 0 Å². The summed E-state index contributed by atoms with van der Waals surface area (Å²) in [6, 6.07) is 18.9. The number of rotatable bonds is 9. The second kappa shape index (κ2) is 10.1. The summed E-state index contributed by atoms with van der Waals surface area (Å²) in [6.07, 6.45) is 1.59. The first-order valence-electron chi connectivity index (χ1n) is 10.8. The van der Waals surface area contributed by atoms with Crippen molar-refractivity contribution in [3.05, 3.63) is 82.7 Å². The number of anilines is 1. The molecule has 10 heteroatoms. The average molecular weight is 536 g/mol. The molecule has 35 heavy (non-hydrogen) atoms. The molecule has 0 aliphatic rings. The summed E-state index contributed by atoms with van der Waals surface area (Å²) in [5.74, 6) is 3.63. The first-order valence-corrected chi connectivity index (χ1v) is 11.6. The van der Waals surface area contributed by atoms with E-state index in [-0.39, 0.29) is 6.61 Å². The maximum atomic E-state index is 5.95. The summed E-state index contributed by atoms with van der Waals surface area (Å²) in [5, 5.41) is 7.95. The van der Waals surface area contributed by atoms with Crippen LogP contribution < -0.4 is 19.5 Å². The van der Waals surface area contributed by atoms with Gasteiger partial charge in [0.2, 0.25) is 11.8 Å². The van der Waals surface area contributed by atoms with Crippen LogP contribution in [0.2, 0.25) is 0 Å². The molecular formula is C25H22BrN5O4. The molecule has 1 N–H and O–H groups in total. The van der Waals surface area contributed by atoms with Crippen LogP contribution in [0.25, 0.3) is 17.2 Å². The molecule has 3 aromatic heterocycles. The molecule has 9 nitrogen and oxygen atoms in total. The normalized spacial score (nSPS) is 10.9. The largest absolute Gasteiger partial charge is 0.493 e. The molecule has 0 unspecified atom stereocenters. The molecule has 178 valence electrons. The summed E-state index contributed by atoms with van der Waals surface area (Å²) in [4.78, 5) is 9.38. The Morgan fingerprint density at radius 2 is 1.86 bits per heavy atom. The third kappa shape index (κ3) is 5.07. The minimum atomic E-state index is 0.265. The van der Waals surface area contributed by atoms with E-state index < -0.39 is 0 Å². The third-order valence-corrected chi connectivity index (χ3v) is 5.69. The molecule has 3 heterocycles. The highest BCUT2D eigenvalue weighted by atomic mass is 79.9. The lowest BCUT2D eigenvalue weighted by atomic mass is 10.2. The topological polar surface area (TPSA) is 95.9 Å². The third-order valence-electron chi connectivity index (χ3n) is 5.20. The number of furan rings is 1. The van der Waals surface area contributed by atoms with Crippen LogP contribution >= 0.6 is 15.9 Å². The Morgan fingerprint density at radius 1 is 0.971 bits per heavy atom. The van der Waals surface area contributed by atoms with Crippen LogP contribution in [0.4, 0.5) is 5.95 Å². The molecule has 5 aromatic rings. The predicted octanol–water partition coefficient (Wildman–Crippen LogP) is 5.36. The van der Waals surface area contributed by atoms with Gasteiger partial charge < -0.3 is 23.9 Å². The van der Waals surface area contributed by atoms with Gasteiger partial charge >= 0.3 is 0 Å². The monoisotopic (exact) mass is 535 g/mol. The molecule has 0 spiro atoms. The summed E-state index contributed by atoms with van der Waals surface area (Å²) in [6.45, 7) is 0.745. The molecule has 0 aliphatic heterocycles. The summed E-state index contributed by atoms with van der Waals surface area (Å²) in [5.41, 5.74) is 2.31. The fourth-order valence-electron chi connectivity index (χ4n) is 3.52. The van der Waals surface area contributed by atoms with E-state index in [2.05, 4.69) is 31.3 Å². The van der Waals surface area contributed by atoms with Gasteiger partial charge in [-0.05, 0) is 48.0 Å². The van der Waals surface area contributed by atoms with Gasteiger partial charge in [-0.1, -0.05) is 28.1 Å². The number of ether oxygens (including phenoxy) is 3. The molecule has 2 aromatic carbocycles. The highest BCUT2D eigenvalue weighted by molar-refractivity contribution is 9.10. The summed E-state index contributed by atoms with van der Waals surface area (Å²) in [7, 11) is 3.22. The Balaban J connectivity index is 1.45. The van der Waals surface area contributed by atoms with Crippen LogP contribution in [-0.2, 0) is 13.2 Å². The smallest absolute Gasteiger partial charge is 0.226 e. The Kier molecular flexibility index (Phi) is 6.53. The van der Waals surface area contributed by atoms with Crippen LogP contribution in [0.3, 0.4) is 0 Å². The fraction of sp³-hybridized carbons (Fsp3) is 0.160. The van der Waals surface area contributed by atoms with Crippen molar-refractivity contribution in [1.82, 2.24) is 19.6 Å². The van der Waals surface area contributed by atoms with Crippen molar-refractivity contribution < 1.29 is 18.6 Å². The SMILES string of the molecule is COc1ccc(CNc2nc(COc3cccc(Br)c3)cc3nc(-c4ccco4)nn23)cc1OC. The Labute approximate surface area is 209 Å². The molecule has 0 radical (unpaired) electrons. The van der Waals surface area contributed by atoms with Gasteiger partial charge in [0.25, 0.3) is 0 Å². The molecule has 0 amide bonds. The van der Waals surface area contributed by atoms with Crippen LogP contribution in [0.15, 0.2) is 75.8 Å². The van der Waals surface area contributed by atoms with E-state index in [1.54, 1.807) is 31.1 Å². The predicted molar refractivity (Wildman–Crippen MR) is 134 cm³/mol. The van der Waals surface area contributed by atoms with Crippen molar-refractivity contribution >= 4 is 27.5 Å². The zero-order valence-electron chi connectivity index (χ0n) is 19.1. The molecule has 0 saturated carbocycles. The number of hydrogen-bond acceptors (Lipinski definition) is 8. The molecule has 0 atom stereocenters. The Hall–Kier alpha value is -4.05. The molecule has 0 saturated heterocycles. The second-order valence-corrected chi connectivity index (χ2v) is 8.46. The van der Waals surface area contributed by atoms with Crippen LogP contribution in [-0.4, -0.2) is 33.8 Å². The number of aromatic nitrogens is 4. The Bertz CT molecular complexity index is 1450. The van der Waals surface area contributed by atoms with Crippen molar-refractivity contribution in [1.29, 1.82) is 0 Å². The number of fused-ring (bicyclic) bond motifs is 1. The molecule has 5 rings (SSSR count). The standard InChI is InChI=1S/C25H22BrN5O4/c1-32-20-9-8-16(11-22(20)33-2)14-27-25-28-18(15-35-19-6-3-5-17(26)12-19)13-23-29-24(30-31(23)25)21-7-4-10-34-21/h3-13H,14-15H2,1-2H3,(H,27,28). The van der Waals surface area contributed by atoms with Crippen LogP contribution in [0.5, 0.6) is 17.2 Å². The quantitative estimate of drug-likeness (QED) is 0.269. The lowest BCUT2D eigenvalue weighted by Gasteiger charge is -2.12. The highest BCUT2D eigenvalue weighted by Gasteiger charge is 2.15. The van der Waals surface area contributed by atoms with Gasteiger partial charge in [0.05, 0.1) is 26.2 Å². The van der Waals surface area contributed by atoms with Crippen molar-refractivity contribution in [3.8, 4) is 28.8 Å². The minimum absolute atomic E-state index is 0.265. The number of nitrogens with one attached hydrogen (secondary N) is 1. The first-order chi connectivity index (χ1) is 17.1. The lowest BCUT2D eigenvalue weighted by molar-refractivity contribution is 0.301. The van der Waals surface area contributed by atoms with E-state index in [4.69, 9.17) is 23.6 Å². The van der Waals surface area contributed by atoms with E-state index in [1.165, 1.54) is 0 Å². The van der Waals surface area contributed by atoms with Gasteiger partial charge in [-0.15, -0.1) is 5.10 Å². The van der Waals surface area contributed by atoms with Gasteiger partial charge in [-0.3, -0.25) is 0 Å². The first kappa shape index (κ1) is 22.7. The van der Waals surface area contributed by atoms with E-state index in [1.807, 2.05) is 54.6 Å². The Morgan fingerprint density at radius 3 is 2.63 bits per heavy atom. The average Bonchev–Trinajstić information content (AvgIpc) is 3.56. The minimum Gasteiger partial charge on any atom is -0.493 e. The zero-order valence-corrected chi connectivity index (χ0v) is 20.7. The van der Waals surface area contributed by atoms with Gasteiger partial charge in [0.15, 0.2) is 22.9 Å². The maximum Gasteiger partial charge on any atom is 0.226 e. The zero-order chi connectivity index (χ0) is 24.2. The molecule has 0 fully saturated rings. The fourth-order valence-corrected chi connectivity index (χ4v) is 3.90. The number of benzene rings is 2. The van der Waals surface area contributed by atoms with Crippen molar-refractivity contribution in [2.45, 2.75) is 13.2 Å². The number of halogens is 1. The highest BCUT2D eigenvalue weighted by Crippen LogP contribution is 2.28. The number of nitrogens with zero attached hydrogens (tertiary/aromatic N) is 4. The molecule has 0 bridgehead atoms. The van der Waals surface area contributed by atoms with Crippen molar-refractivity contribution in [2.75, 3.05) is 19.5 Å². The van der Waals surface area contributed by atoms with E-state index in [9.17, 15) is 0 Å². The number of hydrogen-bond donors (Lipinski definition) is 1. The second-order valence-electron chi connectivity index (χ2n) is 7.54. The van der Waals surface area contributed by atoms with Crippen LogP contribution in [0.1, 0.15) is 11.3 Å². The van der Waals surface area contributed by atoms with E-state index >= 15 is 0 Å². The van der Waals surface area contributed by atoms with Gasteiger partial charge in [0, 0.05) is 17.1 Å². The van der Waals surface area contributed by atoms with Crippen LogP contribution in [0, 0.1) is 0 Å². The molecular weight excluding hydrogens is 514 g/mol. The van der Waals surface area contributed by atoms with Gasteiger partial charge in [-0.2, -0.15) is 4.52 Å². The number of methoxy groups -OCH3 is 2. The van der Waals surface area contributed by atoms with E-state index in [0.717, 1.165) is 15.8 Å². The van der Waals surface area contributed by atoms with Crippen molar-refractivity contribution in [3.63, 3.8) is 0 Å².